The number of aliphatic hydroxyl groups excluding tert-OH is 1. The molecule has 0 saturated heterocycles. The van der Waals surface area contributed by atoms with Crippen LogP contribution in [0.25, 0.3) is 0 Å². The summed E-state index contributed by atoms with van der Waals surface area (Å²) in [5.41, 5.74) is 1.59. The van der Waals surface area contributed by atoms with E-state index >= 15 is 0 Å². The standard InChI is InChI=1S/C15H23NO4S/c1-4-8-16(9-10-20-3)21(18,19)15-7-6-13(5-2)14(11-15)12-17/h4,6-7,11,17H,1,5,8-10,12H2,2-3H3. The quantitative estimate of drug-likeness (QED) is 0.703. The predicted molar refractivity (Wildman–Crippen MR) is 82.6 cm³/mol. The Hall–Kier alpha value is -1.21. The Kier molecular flexibility index (Phi) is 7.04. The van der Waals surface area contributed by atoms with Gasteiger partial charge in [0, 0.05) is 20.2 Å². The minimum Gasteiger partial charge on any atom is -0.392 e. The molecule has 1 rings (SSSR count). The number of sulfonamides is 1. The second-order valence-electron chi connectivity index (χ2n) is 4.59. The summed E-state index contributed by atoms with van der Waals surface area (Å²) < 4.78 is 31.5. The zero-order chi connectivity index (χ0) is 15.9. The molecule has 0 aromatic heterocycles. The van der Waals surface area contributed by atoms with Crippen molar-refractivity contribution in [3.8, 4) is 0 Å². The van der Waals surface area contributed by atoms with E-state index in [4.69, 9.17) is 4.74 Å². The van der Waals surface area contributed by atoms with Gasteiger partial charge in [-0.25, -0.2) is 8.42 Å². The van der Waals surface area contributed by atoms with Crippen LogP contribution in [0.4, 0.5) is 0 Å². The lowest BCUT2D eigenvalue weighted by atomic mass is 10.1. The first-order valence-corrected chi connectivity index (χ1v) is 8.27. The van der Waals surface area contributed by atoms with Crippen molar-refractivity contribution in [2.75, 3.05) is 26.8 Å². The number of aliphatic hydroxyl groups is 1. The van der Waals surface area contributed by atoms with Crippen LogP contribution >= 0.6 is 0 Å². The number of methoxy groups -OCH3 is 1. The van der Waals surface area contributed by atoms with E-state index in [1.54, 1.807) is 18.2 Å². The Labute approximate surface area is 126 Å². The molecule has 0 amide bonds. The molecule has 1 aromatic carbocycles. The maximum atomic E-state index is 12.6. The van der Waals surface area contributed by atoms with Gasteiger partial charge in [0.15, 0.2) is 0 Å². The molecule has 118 valence electrons. The van der Waals surface area contributed by atoms with Gasteiger partial charge in [-0.2, -0.15) is 4.31 Å². The summed E-state index contributed by atoms with van der Waals surface area (Å²) in [6, 6.07) is 4.87. The molecular formula is C15H23NO4S. The number of nitrogens with zero attached hydrogens (tertiary/aromatic N) is 1. The van der Waals surface area contributed by atoms with Crippen molar-refractivity contribution in [1.29, 1.82) is 0 Å². The van der Waals surface area contributed by atoms with Gasteiger partial charge in [-0.1, -0.05) is 19.1 Å². The largest absolute Gasteiger partial charge is 0.392 e. The van der Waals surface area contributed by atoms with Gasteiger partial charge in [0.05, 0.1) is 18.1 Å². The molecular weight excluding hydrogens is 290 g/mol. The zero-order valence-electron chi connectivity index (χ0n) is 12.6. The van der Waals surface area contributed by atoms with Crippen molar-refractivity contribution >= 4 is 10.0 Å². The minimum absolute atomic E-state index is 0.175. The Morgan fingerprint density at radius 3 is 2.62 bits per heavy atom. The summed E-state index contributed by atoms with van der Waals surface area (Å²) in [7, 11) is -2.10. The fourth-order valence-electron chi connectivity index (χ4n) is 2.05. The van der Waals surface area contributed by atoms with Gasteiger partial charge < -0.3 is 9.84 Å². The molecule has 0 unspecified atom stereocenters. The van der Waals surface area contributed by atoms with Gasteiger partial charge in [0.1, 0.15) is 0 Å². The molecule has 0 heterocycles. The van der Waals surface area contributed by atoms with Crippen molar-refractivity contribution < 1.29 is 18.3 Å². The van der Waals surface area contributed by atoms with E-state index in [1.807, 2.05) is 6.92 Å². The summed E-state index contributed by atoms with van der Waals surface area (Å²) >= 11 is 0. The average Bonchev–Trinajstić information content (AvgIpc) is 2.50. The second kappa shape index (κ2) is 8.29. The van der Waals surface area contributed by atoms with Crippen LogP contribution < -0.4 is 0 Å². The minimum atomic E-state index is -3.62. The van der Waals surface area contributed by atoms with Crippen molar-refractivity contribution in [2.45, 2.75) is 24.8 Å². The molecule has 21 heavy (non-hydrogen) atoms. The van der Waals surface area contributed by atoms with Crippen molar-refractivity contribution in [1.82, 2.24) is 4.31 Å². The molecule has 0 radical (unpaired) electrons. The summed E-state index contributed by atoms with van der Waals surface area (Å²) in [5.74, 6) is 0. The van der Waals surface area contributed by atoms with Gasteiger partial charge in [-0.15, -0.1) is 6.58 Å². The topological polar surface area (TPSA) is 66.8 Å². The van der Waals surface area contributed by atoms with Gasteiger partial charge in [0.25, 0.3) is 0 Å². The first kappa shape index (κ1) is 17.8. The Morgan fingerprint density at radius 2 is 2.10 bits per heavy atom. The molecule has 1 aromatic rings. The third-order valence-electron chi connectivity index (χ3n) is 3.24. The predicted octanol–water partition coefficient (Wildman–Crippen LogP) is 1.56. The summed E-state index contributed by atoms with van der Waals surface area (Å²) in [6.07, 6.45) is 2.29. The maximum absolute atomic E-state index is 12.6. The molecule has 0 aliphatic rings. The van der Waals surface area contributed by atoms with E-state index in [0.717, 1.165) is 12.0 Å². The van der Waals surface area contributed by atoms with Crippen LogP contribution in [0.15, 0.2) is 35.7 Å². The molecule has 6 heteroatoms. The van der Waals surface area contributed by atoms with Crippen LogP contribution in [0.1, 0.15) is 18.1 Å². The smallest absolute Gasteiger partial charge is 0.243 e. The summed E-state index contributed by atoms with van der Waals surface area (Å²) in [5, 5.41) is 9.38. The van der Waals surface area contributed by atoms with E-state index < -0.39 is 10.0 Å². The highest BCUT2D eigenvalue weighted by atomic mass is 32.2. The Bertz CT molecular complexity index is 569. The third kappa shape index (κ3) is 4.38. The summed E-state index contributed by atoms with van der Waals surface area (Å²) in [4.78, 5) is 0.182. The molecule has 0 fully saturated rings. The first-order chi connectivity index (χ1) is 10.0. The molecule has 0 spiro atoms. The van der Waals surface area contributed by atoms with E-state index in [2.05, 4.69) is 6.58 Å². The SMILES string of the molecule is C=CCN(CCOC)S(=O)(=O)c1ccc(CC)c(CO)c1. The summed E-state index contributed by atoms with van der Waals surface area (Å²) in [6.45, 7) is 6.17. The number of hydrogen-bond donors (Lipinski definition) is 1. The zero-order valence-corrected chi connectivity index (χ0v) is 13.4. The number of ether oxygens (including phenoxy) is 1. The number of aryl methyl sites for hydroxylation is 1. The van der Waals surface area contributed by atoms with Gasteiger partial charge in [-0.3, -0.25) is 0 Å². The van der Waals surface area contributed by atoms with Crippen LogP contribution in [0.5, 0.6) is 0 Å². The second-order valence-corrected chi connectivity index (χ2v) is 6.52. The fraction of sp³-hybridized carbons (Fsp3) is 0.467. The van der Waals surface area contributed by atoms with E-state index in [-0.39, 0.29) is 24.6 Å². The lowest BCUT2D eigenvalue weighted by Crippen LogP contribution is -2.34. The van der Waals surface area contributed by atoms with Gasteiger partial charge in [0.2, 0.25) is 10.0 Å². The highest BCUT2D eigenvalue weighted by Gasteiger charge is 2.23. The van der Waals surface area contributed by atoms with Crippen LogP contribution in [0.3, 0.4) is 0 Å². The normalized spacial score (nSPS) is 11.8. The van der Waals surface area contributed by atoms with E-state index in [1.165, 1.54) is 17.5 Å². The number of benzene rings is 1. The molecule has 1 N–H and O–H groups in total. The van der Waals surface area contributed by atoms with Crippen LogP contribution in [0, 0.1) is 0 Å². The average molecular weight is 313 g/mol. The van der Waals surface area contributed by atoms with Gasteiger partial charge in [-0.05, 0) is 29.7 Å². The Morgan fingerprint density at radius 1 is 1.38 bits per heavy atom. The lowest BCUT2D eigenvalue weighted by Gasteiger charge is -2.21. The third-order valence-corrected chi connectivity index (χ3v) is 5.11. The molecule has 0 aliphatic carbocycles. The van der Waals surface area contributed by atoms with Gasteiger partial charge >= 0.3 is 0 Å². The van der Waals surface area contributed by atoms with Crippen LogP contribution in [0.2, 0.25) is 0 Å². The molecule has 0 bridgehead atoms. The highest BCUT2D eigenvalue weighted by Crippen LogP contribution is 2.20. The van der Waals surface area contributed by atoms with Crippen molar-refractivity contribution in [2.24, 2.45) is 0 Å². The number of hydrogen-bond acceptors (Lipinski definition) is 4. The van der Waals surface area contributed by atoms with E-state index in [0.29, 0.717) is 12.2 Å². The molecule has 0 atom stereocenters. The van der Waals surface area contributed by atoms with Crippen LogP contribution in [-0.2, 0) is 27.8 Å². The molecule has 0 saturated carbocycles. The lowest BCUT2D eigenvalue weighted by molar-refractivity contribution is 0.182. The van der Waals surface area contributed by atoms with Crippen molar-refractivity contribution in [3.63, 3.8) is 0 Å². The fourth-order valence-corrected chi connectivity index (χ4v) is 3.50. The molecule has 0 aliphatic heterocycles. The van der Waals surface area contributed by atoms with E-state index in [9.17, 15) is 13.5 Å². The monoisotopic (exact) mass is 313 g/mol. The Balaban J connectivity index is 3.17. The maximum Gasteiger partial charge on any atom is 0.243 e. The first-order valence-electron chi connectivity index (χ1n) is 6.83. The van der Waals surface area contributed by atoms with Crippen LogP contribution in [-0.4, -0.2) is 44.6 Å². The molecule has 5 nitrogen and oxygen atoms in total. The van der Waals surface area contributed by atoms with Crippen molar-refractivity contribution in [3.05, 3.63) is 42.0 Å². The number of rotatable bonds is 9. The highest BCUT2D eigenvalue weighted by molar-refractivity contribution is 7.89.